The third-order valence-corrected chi connectivity index (χ3v) is 9.19. The van der Waals surface area contributed by atoms with Crippen LogP contribution in [0.4, 0.5) is 5.82 Å². The van der Waals surface area contributed by atoms with Crippen molar-refractivity contribution in [2.45, 2.75) is 6.54 Å². The van der Waals surface area contributed by atoms with Gasteiger partial charge in [-0.25, -0.2) is 18.1 Å². The summed E-state index contributed by atoms with van der Waals surface area (Å²) in [6.45, 7) is 1.68. The average Bonchev–Trinajstić information content (AvgIpc) is 3.67. The van der Waals surface area contributed by atoms with Crippen LogP contribution in [0.2, 0.25) is 0 Å². The third kappa shape index (κ3) is 4.94. The Morgan fingerprint density at radius 3 is 2.56 bits per heavy atom. The van der Waals surface area contributed by atoms with Gasteiger partial charge in [-0.3, -0.25) is 5.10 Å². The van der Waals surface area contributed by atoms with Crippen molar-refractivity contribution in [3.8, 4) is 34.1 Å². The van der Waals surface area contributed by atoms with Crippen LogP contribution in [0.1, 0.15) is 11.1 Å². The van der Waals surface area contributed by atoms with Crippen LogP contribution in [-0.2, 0) is 16.3 Å². The Kier molecular flexibility index (Phi) is 6.46. The predicted octanol–water partition coefficient (Wildman–Crippen LogP) is 4.15. The molecule has 39 heavy (non-hydrogen) atoms. The molecule has 1 aromatic carbocycles. The van der Waals surface area contributed by atoms with Crippen molar-refractivity contribution in [2.24, 2.45) is 4.36 Å². The van der Waals surface area contributed by atoms with Gasteiger partial charge in [-0.05, 0) is 35.9 Å². The van der Waals surface area contributed by atoms with Crippen LogP contribution >= 0.6 is 0 Å². The Balaban J connectivity index is 1.21. The fraction of sp³-hybridized carbons (Fsp3) is 0.214. The smallest absolute Gasteiger partial charge is 0.128 e. The fourth-order valence-electron chi connectivity index (χ4n) is 4.72. The molecule has 5 heterocycles. The molecular weight excluding hydrogens is 512 g/mol. The highest BCUT2D eigenvalue weighted by Gasteiger charge is 2.22. The quantitative estimate of drug-likeness (QED) is 0.344. The van der Waals surface area contributed by atoms with Gasteiger partial charge in [-0.15, -0.1) is 0 Å². The number of aromatic nitrogens is 5. The van der Waals surface area contributed by atoms with E-state index in [-0.39, 0.29) is 0 Å². The summed E-state index contributed by atoms with van der Waals surface area (Å²) in [5, 5.41) is 20.9. The van der Waals surface area contributed by atoms with E-state index >= 15 is 0 Å². The van der Waals surface area contributed by atoms with Crippen LogP contribution in [0.3, 0.4) is 0 Å². The summed E-state index contributed by atoms with van der Waals surface area (Å²) in [5.74, 6) is 2.62. The van der Waals surface area contributed by atoms with Crippen molar-refractivity contribution in [3.05, 3.63) is 84.6 Å². The molecule has 5 aromatic rings. The highest BCUT2D eigenvalue weighted by atomic mass is 32.2. The third-order valence-electron chi connectivity index (χ3n) is 6.95. The number of pyridine rings is 2. The number of hydrogen-bond donors (Lipinski definition) is 1. The molecule has 10 nitrogen and oxygen atoms in total. The van der Waals surface area contributed by atoms with E-state index in [9.17, 15) is 9.47 Å². The first kappa shape index (κ1) is 24.6. The number of nitrogens with one attached hydrogen (secondary N) is 1. The van der Waals surface area contributed by atoms with Crippen molar-refractivity contribution < 1.29 is 8.95 Å². The van der Waals surface area contributed by atoms with E-state index in [1.807, 2.05) is 61.1 Å². The van der Waals surface area contributed by atoms with E-state index in [0.29, 0.717) is 36.7 Å². The van der Waals surface area contributed by atoms with Crippen molar-refractivity contribution in [1.82, 2.24) is 24.8 Å². The minimum Gasteiger partial charge on any atom is -0.497 e. The highest BCUT2D eigenvalue weighted by molar-refractivity contribution is 7.93. The standard InChI is InChI=1S/C28H26N8O2S/c1-38-25-5-2-20(3-6-25)14-34-39(37)10-8-35(9-11-39)27-7-4-21(15-30-27)26-12-22(24-16-31-32-17-24)19-36-28(26)23(13-29)18-33-36/h2-7,12,15-19H,8-11,14H2,1H3,(H,31,32). The van der Waals surface area contributed by atoms with Gasteiger partial charge in [0.1, 0.15) is 17.6 Å². The van der Waals surface area contributed by atoms with Crippen LogP contribution in [0, 0.1) is 11.3 Å². The molecule has 1 fully saturated rings. The molecule has 0 amide bonds. The van der Waals surface area contributed by atoms with Crippen LogP contribution in [0.25, 0.3) is 27.8 Å². The Morgan fingerprint density at radius 1 is 1.08 bits per heavy atom. The molecule has 0 bridgehead atoms. The van der Waals surface area contributed by atoms with E-state index in [4.69, 9.17) is 9.72 Å². The summed E-state index contributed by atoms with van der Waals surface area (Å²) in [5.41, 5.74) is 5.83. The molecule has 1 saturated heterocycles. The van der Waals surface area contributed by atoms with Crippen molar-refractivity contribution >= 4 is 21.1 Å². The Morgan fingerprint density at radius 2 is 1.90 bits per heavy atom. The number of methoxy groups -OCH3 is 1. The largest absolute Gasteiger partial charge is 0.497 e. The normalized spacial score (nSPS) is 14.7. The summed E-state index contributed by atoms with van der Waals surface area (Å²) in [6.07, 6.45) is 8.84. The number of hydrogen-bond acceptors (Lipinski definition) is 8. The van der Waals surface area contributed by atoms with E-state index in [1.54, 1.807) is 24.0 Å². The number of nitriles is 1. The number of fused-ring (bicyclic) bond motifs is 1. The summed E-state index contributed by atoms with van der Waals surface area (Å²) >= 11 is 0. The molecule has 1 N–H and O–H groups in total. The van der Waals surface area contributed by atoms with Crippen molar-refractivity contribution in [1.29, 1.82) is 5.26 Å². The van der Waals surface area contributed by atoms with Crippen LogP contribution in [0.15, 0.2) is 77.8 Å². The number of anilines is 1. The van der Waals surface area contributed by atoms with Gasteiger partial charge in [-0.1, -0.05) is 12.1 Å². The van der Waals surface area contributed by atoms with E-state index < -0.39 is 9.73 Å². The summed E-state index contributed by atoms with van der Waals surface area (Å²) < 4.78 is 24.8. The molecule has 0 atom stereocenters. The van der Waals surface area contributed by atoms with Crippen LogP contribution in [-0.4, -0.2) is 60.7 Å². The Labute approximate surface area is 226 Å². The van der Waals surface area contributed by atoms with Gasteiger partial charge in [0.15, 0.2) is 0 Å². The second-order valence-corrected chi connectivity index (χ2v) is 11.9. The minimum absolute atomic E-state index is 0.432. The van der Waals surface area contributed by atoms with Crippen LogP contribution < -0.4 is 9.64 Å². The Bertz CT molecular complexity index is 1760. The zero-order valence-corrected chi connectivity index (χ0v) is 22.1. The lowest BCUT2D eigenvalue weighted by Gasteiger charge is -2.29. The average molecular weight is 539 g/mol. The van der Waals surface area contributed by atoms with Gasteiger partial charge < -0.3 is 9.64 Å². The predicted molar refractivity (Wildman–Crippen MR) is 150 cm³/mol. The lowest BCUT2D eigenvalue weighted by molar-refractivity contribution is 0.414. The second-order valence-electron chi connectivity index (χ2n) is 9.30. The van der Waals surface area contributed by atoms with Gasteiger partial charge in [0.25, 0.3) is 0 Å². The molecule has 0 radical (unpaired) electrons. The molecule has 0 unspecified atom stereocenters. The van der Waals surface area contributed by atoms with Gasteiger partial charge in [0.05, 0.1) is 46.9 Å². The summed E-state index contributed by atoms with van der Waals surface area (Å²) in [4.78, 5) is 6.88. The van der Waals surface area contributed by atoms with E-state index in [0.717, 1.165) is 44.9 Å². The molecule has 11 heteroatoms. The number of nitrogens with zero attached hydrogens (tertiary/aromatic N) is 7. The fourth-order valence-corrected chi connectivity index (χ4v) is 6.58. The first-order valence-electron chi connectivity index (χ1n) is 12.5. The van der Waals surface area contributed by atoms with Gasteiger partial charge >= 0.3 is 0 Å². The van der Waals surface area contributed by atoms with Gasteiger partial charge in [0.2, 0.25) is 0 Å². The maximum Gasteiger partial charge on any atom is 0.128 e. The summed E-state index contributed by atoms with van der Waals surface area (Å²) in [7, 11) is -0.637. The first-order chi connectivity index (χ1) is 19.0. The first-order valence-corrected chi connectivity index (χ1v) is 14.3. The zero-order chi connectivity index (χ0) is 26.8. The van der Waals surface area contributed by atoms with Crippen molar-refractivity contribution in [3.63, 3.8) is 0 Å². The topological polar surface area (TPSA) is 125 Å². The minimum atomic E-state index is -2.27. The molecule has 0 spiro atoms. The molecule has 6 rings (SSSR count). The molecule has 0 aliphatic carbocycles. The van der Waals surface area contributed by atoms with Gasteiger partial charge in [-0.2, -0.15) is 15.5 Å². The SMILES string of the molecule is COc1ccc(CN=S2(=O)CCN(c3ccc(-c4cc(-c5cn[nH]c5)cn5ncc(C#N)c45)cn3)CC2)cc1. The van der Waals surface area contributed by atoms with E-state index in [1.165, 1.54) is 0 Å². The highest BCUT2D eigenvalue weighted by Crippen LogP contribution is 2.32. The molecular formula is C28H26N8O2S. The number of H-pyrrole nitrogens is 1. The molecule has 1 aliphatic rings. The monoisotopic (exact) mass is 538 g/mol. The second kappa shape index (κ2) is 10.2. The number of aromatic amines is 1. The molecule has 4 aromatic heterocycles. The Hall–Kier alpha value is -4.69. The molecule has 1 aliphatic heterocycles. The maximum absolute atomic E-state index is 13.3. The summed E-state index contributed by atoms with van der Waals surface area (Å²) in [6, 6.07) is 15.9. The number of rotatable bonds is 6. The lowest BCUT2D eigenvalue weighted by atomic mass is 10.0. The van der Waals surface area contributed by atoms with Crippen LogP contribution in [0.5, 0.6) is 5.75 Å². The molecule has 196 valence electrons. The zero-order valence-electron chi connectivity index (χ0n) is 21.3. The van der Waals surface area contributed by atoms with E-state index in [2.05, 4.69) is 30.6 Å². The maximum atomic E-state index is 13.3. The van der Waals surface area contributed by atoms with Crippen molar-refractivity contribution in [2.75, 3.05) is 36.6 Å². The molecule has 0 saturated carbocycles. The van der Waals surface area contributed by atoms with Gasteiger partial charge in [0, 0.05) is 65.4 Å². The number of benzene rings is 1. The number of ether oxygens (including phenoxy) is 1. The lowest BCUT2D eigenvalue weighted by Crippen LogP contribution is -2.40.